The van der Waals surface area contributed by atoms with E-state index < -0.39 is 12.0 Å². The molecule has 1 aliphatic heterocycles. The predicted molar refractivity (Wildman–Crippen MR) is 67.4 cm³/mol. The number of carboxylic acid groups (broad SMARTS) is 1. The maximum Gasteiger partial charge on any atom is 0.326 e. The quantitative estimate of drug-likeness (QED) is 0.850. The van der Waals surface area contributed by atoms with Crippen LogP contribution in [0, 0.1) is 0 Å². The molecule has 17 heavy (non-hydrogen) atoms. The third kappa shape index (κ3) is 3.01. The minimum absolute atomic E-state index is 0.0756. The van der Waals surface area contributed by atoms with Gasteiger partial charge >= 0.3 is 5.97 Å². The molecule has 6 heteroatoms. The summed E-state index contributed by atoms with van der Waals surface area (Å²) >= 11 is 3.06. The van der Waals surface area contributed by atoms with Crippen LogP contribution in [0.1, 0.15) is 12.8 Å². The van der Waals surface area contributed by atoms with Crippen molar-refractivity contribution >= 4 is 35.0 Å². The maximum absolute atomic E-state index is 11.9. The molecule has 0 aliphatic carbocycles. The van der Waals surface area contributed by atoms with E-state index in [9.17, 15) is 9.59 Å². The third-order valence-electron chi connectivity index (χ3n) is 2.69. The number of nitrogens with zero attached hydrogens (tertiary/aromatic N) is 1. The van der Waals surface area contributed by atoms with Crippen molar-refractivity contribution in [2.45, 2.75) is 23.1 Å². The highest BCUT2D eigenvalue weighted by atomic mass is 32.2. The molecule has 0 bridgehead atoms. The van der Waals surface area contributed by atoms with Gasteiger partial charge < -0.3 is 10.0 Å². The number of likely N-dealkylation sites (tertiary alicyclic amines) is 1. The van der Waals surface area contributed by atoms with Crippen LogP contribution in [-0.2, 0) is 9.59 Å². The lowest BCUT2D eigenvalue weighted by Crippen LogP contribution is -2.41. The minimum atomic E-state index is -0.892. The van der Waals surface area contributed by atoms with Crippen molar-refractivity contribution in [1.29, 1.82) is 0 Å². The number of hydrogen-bond acceptors (Lipinski definition) is 4. The topological polar surface area (TPSA) is 57.6 Å². The van der Waals surface area contributed by atoms with Crippen LogP contribution in [0.4, 0.5) is 0 Å². The first-order chi connectivity index (χ1) is 8.18. The van der Waals surface area contributed by atoms with Gasteiger partial charge in [-0.15, -0.1) is 23.1 Å². The number of aliphatic carboxylic acids is 1. The summed E-state index contributed by atoms with van der Waals surface area (Å²) in [4.78, 5) is 24.3. The van der Waals surface area contributed by atoms with Crippen molar-refractivity contribution in [1.82, 2.24) is 4.90 Å². The number of thioether (sulfide) groups is 1. The molecule has 2 rings (SSSR count). The SMILES string of the molecule is O=C(O)[C@@H]1CCCN1C(=O)CSc1cccs1. The Bertz CT molecular complexity index is 405. The molecule has 1 aliphatic rings. The van der Waals surface area contributed by atoms with Crippen LogP contribution in [0.5, 0.6) is 0 Å². The van der Waals surface area contributed by atoms with Crippen LogP contribution in [0.15, 0.2) is 21.7 Å². The molecular formula is C11H13NO3S2. The Balaban J connectivity index is 1.89. The molecule has 0 saturated carbocycles. The summed E-state index contributed by atoms with van der Waals surface area (Å²) in [5, 5.41) is 10.9. The van der Waals surface area contributed by atoms with Crippen molar-refractivity contribution in [3.8, 4) is 0 Å². The molecule has 1 amide bonds. The van der Waals surface area contributed by atoms with Gasteiger partial charge in [0.05, 0.1) is 9.96 Å². The average molecular weight is 271 g/mol. The van der Waals surface area contributed by atoms with Crippen molar-refractivity contribution in [3.63, 3.8) is 0 Å². The lowest BCUT2D eigenvalue weighted by atomic mass is 10.2. The molecule has 1 atom stereocenters. The fourth-order valence-electron chi connectivity index (χ4n) is 1.88. The second-order valence-electron chi connectivity index (χ2n) is 3.80. The van der Waals surface area contributed by atoms with Crippen LogP contribution in [0.3, 0.4) is 0 Å². The fraction of sp³-hybridized carbons (Fsp3) is 0.455. The van der Waals surface area contributed by atoms with E-state index in [2.05, 4.69) is 0 Å². The van der Waals surface area contributed by atoms with Crippen molar-refractivity contribution in [3.05, 3.63) is 17.5 Å². The molecule has 0 unspecified atom stereocenters. The second-order valence-corrected chi connectivity index (χ2v) is 6.03. The first-order valence-corrected chi connectivity index (χ1v) is 7.23. The number of thiophene rings is 1. The van der Waals surface area contributed by atoms with Gasteiger partial charge in [-0.05, 0) is 24.3 Å². The Kier molecular flexibility index (Phi) is 4.06. The number of carbonyl (C=O) groups is 2. The number of carboxylic acids is 1. The summed E-state index contributed by atoms with van der Waals surface area (Å²) in [6.45, 7) is 0.570. The lowest BCUT2D eigenvalue weighted by molar-refractivity contribution is -0.147. The van der Waals surface area contributed by atoms with E-state index in [0.29, 0.717) is 18.7 Å². The number of carbonyl (C=O) groups excluding carboxylic acids is 1. The third-order valence-corrected chi connectivity index (χ3v) is 4.81. The normalized spacial score (nSPS) is 19.5. The van der Waals surface area contributed by atoms with Crippen LogP contribution in [0.25, 0.3) is 0 Å². The molecule has 4 nitrogen and oxygen atoms in total. The molecule has 1 fully saturated rings. The van der Waals surface area contributed by atoms with Gasteiger partial charge in [-0.25, -0.2) is 4.79 Å². The second kappa shape index (κ2) is 5.55. The number of hydrogen-bond donors (Lipinski definition) is 1. The largest absolute Gasteiger partial charge is 0.480 e. The Morgan fingerprint density at radius 2 is 2.41 bits per heavy atom. The van der Waals surface area contributed by atoms with Gasteiger partial charge in [-0.2, -0.15) is 0 Å². The highest BCUT2D eigenvalue weighted by molar-refractivity contribution is 8.01. The van der Waals surface area contributed by atoms with E-state index >= 15 is 0 Å². The van der Waals surface area contributed by atoms with Crippen molar-refractivity contribution in [2.75, 3.05) is 12.3 Å². The summed E-state index contributed by atoms with van der Waals surface area (Å²) in [6.07, 6.45) is 1.36. The summed E-state index contributed by atoms with van der Waals surface area (Å²) in [5.41, 5.74) is 0. The summed E-state index contributed by atoms with van der Waals surface area (Å²) in [6, 6.07) is 3.28. The van der Waals surface area contributed by atoms with Gasteiger partial charge in [0.15, 0.2) is 0 Å². The molecule has 0 radical (unpaired) electrons. The van der Waals surface area contributed by atoms with Gasteiger partial charge in [0.2, 0.25) is 5.91 Å². The molecule has 0 aromatic carbocycles. The summed E-state index contributed by atoms with van der Waals surface area (Å²) in [7, 11) is 0. The highest BCUT2D eigenvalue weighted by Crippen LogP contribution is 2.25. The molecule has 92 valence electrons. The zero-order chi connectivity index (χ0) is 12.3. The van der Waals surface area contributed by atoms with Crippen molar-refractivity contribution in [2.24, 2.45) is 0 Å². The molecule has 1 aromatic rings. The van der Waals surface area contributed by atoms with Crippen LogP contribution < -0.4 is 0 Å². The standard InChI is InChI=1S/C11H13NO3S2/c13-9(7-17-10-4-2-6-16-10)12-5-1-3-8(12)11(14)15/h2,4,6,8H,1,3,5,7H2,(H,14,15)/t8-/m0/s1. The van der Waals surface area contributed by atoms with Crippen LogP contribution in [0.2, 0.25) is 0 Å². The number of amides is 1. The maximum atomic E-state index is 11.9. The lowest BCUT2D eigenvalue weighted by Gasteiger charge is -2.20. The molecule has 0 spiro atoms. The van der Waals surface area contributed by atoms with E-state index in [0.717, 1.165) is 10.6 Å². The predicted octanol–water partition coefficient (Wildman–Crippen LogP) is 1.92. The minimum Gasteiger partial charge on any atom is -0.480 e. The first kappa shape index (κ1) is 12.4. The highest BCUT2D eigenvalue weighted by Gasteiger charge is 2.33. The smallest absolute Gasteiger partial charge is 0.326 e. The van der Waals surface area contributed by atoms with Crippen LogP contribution in [-0.4, -0.2) is 40.2 Å². The summed E-state index contributed by atoms with van der Waals surface area (Å²) in [5.74, 6) is -0.644. The molecule has 1 N–H and O–H groups in total. The summed E-state index contributed by atoms with van der Waals surface area (Å²) < 4.78 is 1.09. The Labute approximate surface area is 108 Å². The van der Waals surface area contributed by atoms with Gasteiger partial charge in [-0.1, -0.05) is 6.07 Å². The van der Waals surface area contributed by atoms with Gasteiger partial charge in [0, 0.05) is 6.54 Å². The van der Waals surface area contributed by atoms with E-state index in [1.165, 1.54) is 16.7 Å². The fourth-order valence-corrected chi connectivity index (χ4v) is 3.55. The molecule has 1 aromatic heterocycles. The number of rotatable bonds is 4. The van der Waals surface area contributed by atoms with Gasteiger partial charge in [0.25, 0.3) is 0 Å². The van der Waals surface area contributed by atoms with E-state index in [1.54, 1.807) is 11.3 Å². The first-order valence-electron chi connectivity index (χ1n) is 5.37. The molecule has 2 heterocycles. The monoisotopic (exact) mass is 271 g/mol. The van der Waals surface area contributed by atoms with Crippen molar-refractivity contribution < 1.29 is 14.7 Å². The van der Waals surface area contributed by atoms with Crippen LogP contribution >= 0.6 is 23.1 Å². The van der Waals surface area contributed by atoms with Gasteiger partial charge in [-0.3, -0.25) is 4.79 Å². The van der Waals surface area contributed by atoms with E-state index in [4.69, 9.17) is 5.11 Å². The zero-order valence-corrected chi connectivity index (χ0v) is 10.8. The Hall–Kier alpha value is -1.01. The average Bonchev–Trinajstić information content (AvgIpc) is 2.96. The Morgan fingerprint density at radius 1 is 1.59 bits per heavy atom. The van der Waals surface area contributed by atoms with Gasteiger partial charge in [0.1, 0.15) is 6.04 Å². The van der Waals surface area contributed by atoms with E-state index in [-0.39, 0.29) is 5.91 Å². The molecule has 1 saturated heterocycles. The molecular weight excluding hydrogens is 258 g/mol. The zero-order valence-electron chi connectivity index (χ0n) is 9.17. The Morgan fingerprint density at radius 3 is 3.06 bits per heavy atom. The van der Waals surface area contributed by atoms with E-state index in [1.807, 2.05) is 17.5 Å².